The van der Waals surface area contributed by atoms with Crippen LogP contribution in [0.25, 0.3) is 0 Å². The molecule has 0 N–H and O–H groups in total. The molecular weight excluding hydrogens is 286 g/mol. The van der Waals surface area contributed by atoms with Gasteiger partial charge in [-0.1, -0.05) is 0 Å². The van der Waals surface area contributed by atoms with E-state index in [2.05, 4.69) is 9.88 Å². The van der Waals surface area contributed by atoms with Gasteiger partial charge >= 0.3 is 0 Å². The second-order valence-corrected chi connectivity index (χ2v) is 6.35. The highest BCUT2D eigenvalue weighted by Gasteiger charge is 2.44. The molecule has 2 atom stereocenters. The van der Waals surface area contributed by atoms with E-state index in [9.17, 15) is 4.79 Å². The van der Waals surface area contributed by atoms with Crippen molar-refractivity contribution in [3.63, 3.8) is 0 Å². The molecule has 0 spiro atoms. The molecule has 4 rings (SSSR count). The van der Waals surface area contributed by atoms with Gasteiger partial charge in [0.05, 0.1) is 18.3 Å². The minimum Gasteiger partial charge on any atom is -0.468 e. The number of thiazole rings is 1. The molecule has 21 heavy (non-hydrogen) atoms. The first-order valence-electron chi connectivity index (χ1n) is 7.28. The first-order valence-corrected chi connectivity index (χ1v) is 8.23. The lowest BCUT2D eigenvalue weighted by Gasteiger charge is -2.24. The number of hydrogen-bond donors (Lipinski definition) is 0. The summed E-state index contributed by atoms with van der Waals surface area (Å²) < 4.78 is 5.45. The van der Waals surface area contributed by atoms with Crippen molar-refractivity contribution in [1.82, 2.24) is 14.8 Å². The predicted octanol–water partition coefficient (Wildman–Crippen LogP) is 2.23. The number of hydrogen-bond acceptors (Lipinski definition) is 5. The molecule has 0 bridgehead atoms. The largest absolute Gasteiger partial charge is 0.468 e. The van der Waals surface area contributed by atoms with E-state index in [4.69, 9.17) is 4.42 Å². The molecule has 0 radical (unpaired) electrons. The number of nitrogens with zero attached hydrogens (tertiary/aromatic N) is 3. The van der Waals surface area contributed by atoms with Crippen molar-refractivity contribution in [3.8, 4) is 0 Å². The lowest BCUT2D eigenvalue weighted by molar-refractivity contribution is 0.0726. The molecule has 1 amide bonds. The SMILES string of the molecule is O=C(c1cscn1)N1CC[C@@H]2[C@@H]1CCN2Cc1ccco1. The summed E-state index contributed by atoms with van der Waals surface area (Å²) in [5, 5.41) is 1.84. The maximum atomic E-state index is 12.5. The molecule has 0 saturated carbocycles. The van der Waals surface area contributed by atoms with Crippen molar-refractivity contribution in [1.29, 1.82) is 0 Å². The summed E-state index contributed by atoms with van der Waals surface area (Å²) in [5.41, 5.74) is 2.31. The highest BCUT2D eigenvalue weighted by atomic mass is 32.1. The fourth-order valence-electron chi connectivity index (χ4n) is 3.59. The van der Waals surface area contributed by atoms with Crippen molar-refractivity contribution in [2.45, 2.75) is 31.5 Å². The molecule has 2 aromatic rings. The number of aromatic nitrogens is 1. The Kier molecular flexibility index (Phi) is 3.27. The Bertz CT molecular complexity index is 611. The molecule has 0 aromatic carbocycles. The molecule has 6 heteroatoms. The van der Waals surface area contributed by atoms with Gasteiger partial charge in [0.15, 0.2) is 0 Å². The Hall–Kier alpha value is -1.66. The number of fused-ring (bicyclic) bond motifs is 1. The average molecular weight is 303 g/mol. The van der Waals surface area contributed by atoms with E-state index in [1.807, 2.05) is 22.4 Å². The van der Waals surface area contributed by atoms with Crippen molar-refractivity contribution in [3.05, 3.63) is 40.7 Å². The summed E-state index contributed by atoms with van der Waals surface area (Å²) in [6.07, 6.45) is 3.80. The van der Waals surface area contributed by atoms with Gasteiger partial charge in [-0.25, -0.2) is 4.98 Å². The van der Waals surface area contributed by atoms with Crippen LogP contribution in [0, 0.1) is 0 Å². The summed E-state index contributed by atoms with van der Waals surface area (Å²) >= 11 is 1.47. The van der Waals surface area contributed by atoms with Crippen LogP contribution >= 0.6 is 11.3 Å². The zero-order chi connectivity index (χ0) is 14.2. The zero-order valence-electron chi connectivity index (χ0n) is 11.6. The van der Waals surface area contributed by atoms with Gasteiger partial charge in [-0.2, -0.15) is 0 Å². The third-order valence-electron chi connectivity index (χ3n) is 4.54. The first-order chi connectivity index (χ1) is 10.3. The third kappa shape index (κ3) is 2.28. The van der Waals surface area contributed by atoms with E-state index >= 15 is 0 Å². The molecule has 2 aliphatic rings. The van der Waals surface area contributed by atoms with Gasteiger partial charge in [0.25, 0.3) is 5.91 Å². The molecule has 2 fully saturated rings. The van der Waals surface area contributed by atoms with Crippen LogP contribution in [-0.4, -0.2) is 45.9 Å². The third-order valence-corrected chi connectivity index (χ3v) is 5.13. The second kappa shape index (κ2) is 5.27. The van der Waals surface area contributed by atoms with Crippen LogP contribution < -0.4 is 0 Å². The zero-order valence-corrected chi connectivity index (χ0v) is 12.5. The van der Waals surface area contributed by atoms with Gasteiger partial charge < -0.3 is 9.32 Å². The quantitative estimate of drug-likeness (QED) is 0.872. The van der Waals surface area contributed by atoms with Gasteiger partial charge in [0.1, 0.15) is 11.5 Å². The van der Waals surface area contributed by atoms with Crippen molar-refractivity contribution in [2.24, 2.45) is 0 Å². The molecule has 2 saturated heterocycles. The molecule has 0 aliphatic carbocycles. The summed E-state index contributed by atoms with van der Waals surface area (Å²) in [4.78, 5) is 21.1. The Morgan fingerprint density at radius 3 is 3.05 bits per heavy atom. The maximum Gasteiger partial charge on any atom is 0.273 e. The monoisotopic (exact) mass is 303 g/mol. The maximum absolute atomic E-state index is 12.5. The van der Waals surface area contributed by atoms with Crippen LogP contribution in [0.4, 0.5) is 0 Å². The normalized spacial score (nSPS) is 25.4. The van der Waals surface area contributed by atoms with E-state index in [0.717, 1.165) is 38.2 Å². The number of likely N-dealkylation sites (tertiary alicyclic amines) is 2. The van der Waals surface area contributed by atoms with E-state index in [1.54, 1.807) is 11.8 Å². The highest BCUT2D eigenvalue weighted by molar-refractivity contribution is 7.07. The Morgan fingerprint density at radius 2 is 2.29 bits per heavy atom. The van der Waals surface area contributed by atoms with E-state index < -0.39 is 0 Å². The van der Waals surface area contributed by atoms with E-state index in [-0.39, 0.29) is 5.91 Å². The molecule has 2 aliphatic heterocycles. The fraction of sp³-hybridized carbons (Fsp3) is 0.467. The van der Waals surface area contributed by atoms with Gasteiger partial charge in [0.2, 0.25) is 0 Å². The van der Waals surface area contributed by atoms with Gasteiger partial charge in [0, 0.05) is 30.6 Å². The van der Waals surface area contributed by atoms with Gasteiger partial charge in [-0.3, -0.25) is 9.69 Å². The first kappa shape index (κ1) is 13.0. The number of furan rings is 1. The summed E-state index contributed by atoms with van der Waals surface area (Å²) in [6.45, 7) is 2.70. The van der Waals surface area contributed by atoms with Crippen LogP contribution in [0.5, 0.6) is 0 Å². The van der Waals surface area contributed by atoms with Crippen molar-refractivity contribution in [2.75, 3.05) is 13.1 Å². The summed E-state index contributed by atoms with van der Waals surface area (Å²) in [7, 11) is 0. The molecule has 4 heterocycles. The van der Waals surface area contributed by atoms with Crippen molar-refractivity contribution < 1.29 is 9.21 Å². The smallest absolute Gasteiger partial charge is 0.273 e. The average Bonchev–Trinajstić information content (AvgIpc) is 3.26. The van der Waals surface area contributed by atoms with Crippen molar-refractivity contribution >= 4 is 17.2 Å². The van der Waals surface area contributed by atoms with Crippen LogP contribution in [-0.2, 0) is 6.54 Å². The lowest BCUT2D eigenvalue weighted by atomic mass is 10.1. The molecule has 2 aromatic heterocycles. The number of amides is 1. The minimum atomic E-state index is 0.0867. The summed E-state index contributed by atoms with van der Waals surface area (Å²) in [5.74, 6) is 1.09. The van der Waals surface area contributed by atoms with Gasteiger partial charge in [-0.15, -0.1) is 11.3 Å². The number of carbonyl (C=O) groups excluding carboxylic acids is 1. The fourth-order valence-corrected chi connectivity index (χ4v) is 4.12. The Morgan fingerprint density at radius 1 is 1.38 bits per heavy atom. The van der Waals surface area contributed by atoms with Crippen LogP contribution in [0.3, 0.4) is 0 Å². The lowest BCUT2D eigenvalue weighted by Crippen LogP contribution is -2.39. The standard InChI is InChI=1S/C15H17N3O2S/c19-15(12-9-21-10-16-12)18-6-4-13-14(18)3-5-17(13)8-11-2-1-7-20-11/h1-2,7,9-10,13-14H,3-6,8H2/t13-,14+/m1/s1. The number of rotatable bonds is 3. The Labute approximate surface area is 127 Å². The van der Waals surface area contributed by atoms with Crippen LogP contribution in [0.2, 0.25) is 0 Å². The number of carbonyl (C=O) groups is 1. The highest BCUT2D eigenvalue weighted by Crippen LogP contribution is 2.33. The topological polar surface area (TPSA) is 49.6 Å². The van der Waals surface area contributed by atoms with Crippen LogP contribution in [0.1, 0.15) is 29.1 Å². The Balaban J connectivity index is 1.47. The molecule has 110 valence electrons. The van der Waals surface area contributed by atoms with Gasteiger partial charge in [-0.05, 0) is 25.0 Å². The van der Waals surface area contributed by atoms with E-state index in [1.165, 1.54) is 11.3 Å². The second-order valence-electron chi connectivity index (χ2n) is 5.63. The predicted molar refractivity (Wildman–Crippen MR) is 79.1 cm³/mol. The summed E-state index contributed by atoms with van der Waals surface area (Å²) in [6, 6.07) is 4.72. The van der Waals surface area contributed by atoms with Crippen LogP contribution in [0.15, 0.2) is 33.7 Å². The molecule has 5 nitrogen and oxygen atoms in total. The van der Waals surface area contributed by atoms with E-state index in [0.29, 0.717) is 17.8 Å². The molecular formula is C15H17N3O2S. The minimum absolute atomic E-state index is 0.0867. The molecule has 0 unspecified atom stereocenters.